The highest BCUT2D eigenvalue weighted by atomic mass is 32.1. The predicted octanol–water partition coefficient (Wildman–Crippen LogP) is 3.45. The second-order valence-corrected chi connectivity index (χ2v) is 8.64. The number of carbonyl (C=O) groups is 1. The third-order valence-electron chi connectivity index (χ3n) is 5.57. The van der Waals surface area contributed by atoms with E-state index >= 15 is 0 Å². The molecule has 1 saturated heterocycles. The van der Waals surface area contributed by atoms with Gasteiger partial charge in [-0.15, -0.1) is 0 Å². The Labute approximate surface area is 189 Å². The number of ether oxygens (including phenoxy) is 2. The maximum Gasteiger partial charge on any atom is 0.279 e. The van der Waals surface area contributed by atoms with Crippen molar-refractivity contribution in [1.29, 1.82) is 0 Å². The van der Waals surface area contributed by atoms with Gasteiger partial charge in [0.2, 0.25) is 0 Å². The first-order chi connectivity index (χ1) is 14.9. The monoisotopic (exact) mass is 441 g/mol. The van der Waals surface area contributed by atoms with Crippen LogP contribution >= 0.6 is 12.2 Å². The van der Waals surface area contributed by atoms with Crippen LogP contribution in [0.5, 0.6) is 5.75 Å². The van der Waals surface area contributed by atoms with Crippen molar-refractivity contribution >= 4 is 23.2 Å². The third-order valence-corrected chi connectivity index (χ3v) is 5.81. The minimum absolute atomic E-state index is 0.126. The first kappa shape index (κ1) is 23.0. The van der Waals surface area contributed by atoms with Crippen molar-refractivity contribution in [2.75, 3.05) is 13.2 Å². The van der Waals surface area contributed by atoms with E-state index in [0.29, 0.717) is 17.4 Å². The van der Waals surface area contributed by atoms with Gasteiger partial charge in [-0.3, -0.25) is 15.6 Å². The molecule has 1 heterocycles. The van der Waals surface area contributed by atoms with Crippen molar-refractivity contribution < 1.29 is 14.3 Å². The summed E-state index contributed by atoms with van der Waals surface area (Å²) in [5.74, 6) is 0.323. The predicted molar refractivity (Wildman–Crippen MR) is 126 cm³/mol. The molecule has 1 amide bonds. The Morgan fingerprint density at radius 3 is 2.45 bits per heavy atom. The first-order valence-electron chi connectivity index (χ1n) is 10.6. The summed E-state index contributed by atoms with van der Waals surface area (Å²) in [6.45, 7) is 7.50. The summed E-state index contributed by atoms with van der Waals surface area (Å²) in [5, 5.41) is 3.39. The fraction of sp³-hybridized carbons (Fsp3) is 0.417. The van der Waals surface area contributed by atoms with E-state index in [-0.39, 0.29) is 17.4 Å². The van der Waals surface area contributed by atoms with Crippen molar-refractivity contribution in [3.63, 3.8) is 0 Å². The van der Waals surface area contributed by atoms with Gasteiger partial charge in [0.25, 0.3) is 5.91 Å². The van der Waals surface area contributed by atoms with Crippen LogP contribution in [0, 0.1) is 0 Å². The van der Waals surface area contributed by atoms with Crippen LogP contribution in [-0.2, 0) is 14.9 Å². The van der Waals surface area contributed by atoms with Gasteiger partial charge in [0, 0.05) is 18.6 Å². The number of hydrogen-bond acceptors (Lipinski definition) is 4. The van der Waals surface area contributed by atoms with Crippen LogP contribution in [0.15, 0.2) is 54.6 Å². The molecule has 2 atom stereocenters. The lowest BCUT2D eigenvalue weighted by atomic mass is 9.78. The van der Waals surface area contributed by atoms with Crippen LogP contribution in [0.25, 0.3) is 0 Å². The normalized spacial score (nSPS) is 16.9. The number of rotatable bonds is 7. The van der Waals surface area contributed by atoms with Crippen molar-refractivity contribution in [2.24, 2.45) is 0 Å². The number of benzene rings is 2. The van der Waals surface area contributed by atoms with Crippen molar-refractivity contribution in [3.05, 3.63) is 65.7 Å². The van der Waals surface area contributed by atoms with Gasteiger partial charge >= 0.3 is 0 Å². The quantitative estimate of drug-likeness (QED) is 0.452. The van der Waals surface area contributed by atoms with E-state index in [1.54, 1.807) is 6.92 Å². The van der Waals surface area contributed by atoms with Gasteiger partial charge in [0.15, 0.2) is 11.2 Å². The van der Waals surface area contributed by atoms with Crippen molar-refractivity contribution in [1.82, 2.24) is 16.2 Å². The van der Waals surface area contributed by atoms with Crippen LogP contribution in [0.4, 0.5) is 0 Å². The standard InChI is InChI=1S/C24H31N3O3S/c1-17(22(28)26-27-23(31)25-16-21-10-7-15-29-21)30-20-13-11-19(12-14-20)24(2,3)18-8-5-4-6-9-18/h4-6,8-9,11-14,17,21H,7,10,15-16H2,1-3H3,(H,26,28)(H2,25,27,31)/t17-,21+/m1/s1. The van der Waals surface area contributed by atoms with E-state index in [0.717, 1.165) is 19.4 Å². The lowest BCUT2D eigenvalue weighted by molar-refractivity contribution is -0.127. The van der Waals surface area contributed by atoms with E-state index in [4.69, 9.17) is 21.7 Å². The average molecular weight is 442 g/mol. The molecule has 0 spiro atoms. The van der Waals surface area contributed by atoms with Gasteiger partial charge in [-0.25, -0.2) is 0 Å². The summed E-state index contributed by atoms with van der Waals surface area (Å²) in [6.07, 6.45) is 1.59. The largest absolute Gasteiger partial charge is 0.481 e. The summed E-state index contributed by atoms with van der Waals surface area (Å²) in [6, 6.07) is 18.2. The summed E-state index contributed by atoms with van der Waals surface area (Å²) in [5.41, 5.74) is 7.57. The van der Waals surface area contributed by atoms with Gasteiger partial charge in [0.05, 0.1) is 6.10 Å². The Morgan fingerprint density at radius 1 is 1.13 bits per heavy atom. The minimum Gasteiger partial charge on any atom is -0.481 e. The number of hydrogen-bond donors (Lipinski definition) is 3. The zero-order valence-electron chi connectivity index (χ0n) is 18.3. The molecule has 0 aliphatic carbocycles. The van der Waals surface area contributed by atoms with Gasteiger partial charge in [0.1, 0.15) is 5.75 Å². The molecule has 6 nitrogen and oxygen atoms in total. The number of carbonyl (C=O) groups excluding carboxylic acids is 1. The lowest BCUT2D eigenvalue weighted by Gasteiger charge is -2.26. The molecule has 1 fully saturated rings. The van der Waals surface area contributed by atoms with Crippen molar-refractivity contribution in [3.8, 4) is 5.75 Å². The molecule has 0 bridgehead atoms. The first-order valence-corrected chi connectivity index (χ1v) is 11.0. The number of thiocarbonyl (C=S) groups is 1. The van der Waals surface area contributed by atoms with Gasteiger partial charge in [-0.05, 0) is 55.2 Å². The molecule has 7 heteroatoms. The van der Waals surface area contributed by atoms with E-state index < -0.39 is 6.10 Å². The Hall–Kier alpha value is -2.64. The van der Waals surface area contributed by atoms with Gasteiger partial charge in [-0.2, -0.15) is 0 Å². The molecule has 31 heavy (non-hydrogen) atoms. The summed E-state index contributed by atoms with van der Waals surface area (Å²) >= 11 is 5.18. The minimum atomic E-state index is -0.679. The highest BCUT2D eigenvalue weighted by molar-refractivity contribution is 7.80. The molecule has 3 N–H and O–H groups in total. The second kappa shape index (κ2) is 10.6. The Bertz CT molecular complexity index is 865. The molecule has 0 radical (unpaired) electrons. The van der Waals surface area contributed by atoms with E-state index in [9.17, 15) is 4.79 Å². The van der Waals surface area contributed by atoms with E-state index in [1.165, 1.54) is 11.1 Å². The fourth-order valence-electron chi connectivity index (χ4n) is 3.51. The van der Waals surface area contributed by atoms with E-state index in [2.05, 4.69) is 42.1 Å². The highest BCUT2D eigenvalue weighted by Gasteiger charge is 2.23. The topological polar surface area (TPSA) is 71.6 Å². The fourth-order valence-corrected chi connectivity index (χ4v) is 3.64. The van der Waals surface area contributed by atoms with Crippen molar-refractivity contribution in [2.45, 2.75) is 51.2 Å². The maximum atomic E-state index is 12.3. The van der Waals surface area contributed by atoms with Crippen LogP contribution < -0.4 is 20.9 Å². The molecule has 0 aromatic heterocycles. The average Bonchev–Trinajstić information content (AvgIpc) is 3.30. The molecule has 1 aliphatic rings. The SMILES string of the molecule is C[C@@H](Oc1ccc(C(C)(C)c2ccccc2)cc1)C(=O)NNC(=S)NC[C@@H]1CCCO1. The number of nitrogens with one attached hydrogen (secondary N) is 3. The molecule has 2 aromatic carbocycles. The second-order valence-electron chi connectivity index (χ2n) is 8.23. The molecule has 1 aliphatic heterocycles. The molecule has 0 saturated carbocycles. The molecule has 3 rings (SSSR count). The molecule has 2 aromatic rings. The van der Waals surface area contributed by atoms with E-state index in [1.807, 2.05) is 42.5 Å². The third kappa shape index (κ3) is 6.42. The van der Waals surface area contributed by atoms with Crippen LogP contribution in [0.2, 0.25) is 0 Å². The molecular weight excluding hydrogens is 410 g/mol. The van der Waals surface area contributed by atoms with Crippen LogP contribution in [0.3, 0.4) is 0 Å². The summed E-state index contributed by atoms with van der Waals surface area (Å²) < 4.78 is 11.3. The van der Waals surface area contributed by atoms with Gasteiger partial charge < -0.3 is 14.8 Å². The van der Waals surface area contributed by atoms with Gasteiger partial charge in [-0.1, -0.05) is 56.3 Å². The molecule has 166 valence electrons. The Balaban J connectivity index is 1.46. The Kier molecular flexibility index (Phi) is 7.87. The zero-order valence-corrected chi connectivity index (χ0v) is 19.1. The highest BCUT2D eigenvalue weighted by Crippen LogP contribution is 2.32. The summed E-state index contributed by atoms with van der Waals surface area (Å²) in [7, 11) is 0. The molecular formula is C24H31N3O3S. The lowest BCUT2D eigenvalue weighted by Crippen LogP contribution is -2.51. The molecule has 0 unspecified atom stereocenters. The maximum absolute atomic E-state index is 12.3. The smallest absolute Gasteiger partial charge is 0.279 e. The summed E-state index contributed by atoms with van der Waals surface area (Å²) in [4.78, 5) is 12.3. The number of amides is 1. The number of hydrazine groups is 1. The zero-order chi connectivity index (χ0) is 22.3. The van der Waals surface area contributed by atoms with Crippen LogP contribution in [0.1, 0.15) is 44.7 Å². The van der Waals surface area contributed by atoms with Crippen LogP contribution in [-0.4, -0.2) is 36.4 Å². The Morgan fingerprint density at radius 2 is 1.81 bits per heavy atom.